The van der Waals surface area contributed by atoms with E-state index >= 15 is 0 Å². The Morgan fingerprint density at radius 2 is 2.09 bits per heavy atom. The van der Waals surface area contributed by atoms with E-state index in [9.17, 15) is 14.7 Å². The van der Waals surface area contributed by atoms with Crippen LogP contribution in [0.5, 0.6) is 0 Å². The lowest BCUT2D eigenvalue weighted by Gasteiger charge is -2.30. The van der Waals surface area contributed by atoms with Crippen molar-refractivity contribution in [3.63, 3.8) is 0 Å². The topological polar surface area (TPSA) is 84.9 Å². The van der Waals surface area contributed by atoms with Gasteiger partial charge in [-0.3, -0.25) is 4.79 Å². The molecule has 2 aliphatic heterocycles. The molecule has 124 valence electrons. The first-order chi connectivity index (χ1) is 11.2. The van der Waals surface area contributed by atoms with Gasteiger partial charge in [-0.05, 0) is 30.4 Å². The van der Waals surface area contributed by atoms with Crippen molar-refractivity contribution in [2.24, 2.45) is 5.92 Å². The van der Waals surface area contributed by atoms with Crippen LogP contribution in [0, 0.1) is 5.92 Å². The molecule has 2 N–H and O–H groups in total. The number of carbonyl (C=O) groups excluding carboxylic acids is 1. The Morgan fingerprint density at radius 1 is 1.26 bits per heavy atom. The molecule has 6 heteroatoms. The lowest BCUT2D eigenvalue weighted by atomic mass is 9.92. The van der Waals surface area contributed by atoms with Gasteiger partial charge in [0.15, 0.2) is 6.10 Å². The van der Waals surface area contributed by atoms with E-state index in [4.69, 9.17) is 9.47 Å². The fraction of sp³-hybridized carbons (Fsp3) is 0.529. The third kappa shape index (κ3) is 3.54. The first-order valence-electron chi connectivity index (χ1n) is 7.97. The molecule has 1 aromatic carbocycles. The van der Waals surface area contributed by atoms with Crippen LogP contribution in [0.1, 0.15) is 30.1 Å². The number of rotatable bonds is 4. The van der Waals surface area contributed by atoms with E-state index in [1.165, 1.54) is 0 Å². The number of carboxylic acids is 1. The zero-order valence-electron chi connectivity index (χ0n) is 12.9. The number of fused-ring (bicyclic) bond motifs is 1. The van der Waals surface area contributed by atoms with Crippen molar-refractivity contribution in [3.8, 4) is 0 Å². The molecule has 0 aliphatic carbocycles. The largest absolute Gasteiger partial charge is 0.480 e. The van der Waals surface area contributed by atoms with Gasteiger partial charge < -0.3 is 19.9 Å². The van der Waals surface area contributed by atoms with Crippen LogP contribution in [0.3, 0.4) is 0 Å². The van der Waals surface area contributed by atoms with Crippen LogP contribution in [-0.4, -0.2) is 42.8 Å². The molecule has 3 unspecified atom stereocenters. The van der Waals surface area contributed by atoms with Gasteiger partial charge in [0, 0.05) is 12.5 Å². The molecule has 1 saturated heterocycles. The summed E-state index contributed by atoms with van der Waals surface area (Å²) in [5.41, 5.74) is 1.90. The molecule has 2 heterocycles. The summed E-state index contributed by atoms with van der Waals surface area (Å²) in [6.07, 6.45) is 1.57. The van der Waals surface area contributed by atoms with Gasteiger partial charge in [0.05, 0.1) is 13.2 Å². The Kier molecular flexibility index (Phi) is 4.93. The molecular weight excluding hydrogens is 298 g/mol. The SMILES string of the molecule is O=C(NC(C(=O)O)C1CCCOC1)C1OCCc2ccccc21. The molecule has 1 amide bonds. The van der Waals surface area contributed by atoms with Crippen molar-refractivity contribution < 1.29 is 24.2 Å². The molecule has 23 heavy (non-hydrogen) atoms. The summed E-state index contributed by atoms with van der Waals surface area (Å²) in [5.74, 6) is -1.63. The summed E-state index contributed by atoms with van der Waals surface area (Å²) in [5, 5.41) is 12.1. The highest BCUT2D eigenvalue weighted by Gasteiger charge is 2.35. The molecule has 0 spiro atoms. The molecule has 1 fully saturated rings. The van der Waals surface area contributed by atoms with Crippen LogP contribution in [0.4, 0.5) is 0 Å². The Bertz CT molecular complexity index is 582. The summed E-state index contributed by atoms with van der Waals surface area (Å²) in [7, 11) is 0. The standard InChI is InChI=1S/C17H21NO5/c19-16(15-13-6-2-1-4-11(13)7-9-23-15)18-14(17(20)21)12-5-3-8-22-10-12/h1-2,4,6,12,14-15H,3,5,7-10H2,(H,18,19)(H,20,21). The smallest absolute Gasteiger partial charge is 0.326 e. The van der Waals surface area contributed by atoms with Gasteiger partial charge in [0.1, 0.15) is 6.04 Å². The highest BCUT2D eigenvalue weighted by Crippen LogP contribution is 2.27. The summed E-state index contributed by atoms with van der Waals surface area (Å²) >= 11 is 0. The van der Waals surface area contributed by atoms with Crippen LogP contribution in [0.25, 0.3) is 0 Å². The van der Waals surface area contributed by atoms with E-state index < -0.39 is 24.0 Å². The van der Waals surface area contributed by atoms with Crippen LogP contribution in [0.2, 0.25) is 0 Å². The van der Waals surface area contributed by atoms with Gasteiger partial charge in [-0.25, -0.2) is 4.79 Å². The van der Waals surface area contributed by atoms with Crippen molar-refractivity contribution in [2.45, 2.75) is 31.4 Å². The zero-order chi connectivity index (χ0) is 16.2. The molecule has 0 radical (unpaired) electrons. The van der Waals surface area contributed by atoms with E-state index in [1.807, 2.05) is 24.3 Å². The normalized spacial score (nSPS) is 25.2. The quantitative estimate of drug-likeness (QED) is 0.874. The summed E-state index contributed by atoms with van der Waals surface area (Å²) < 4.78 is 10.9. The predicted octanol–water partition coefficient (Wildman–Crippen LogP) is 1.30. The average molecular weight is 319 g/mol. The average Bonchev–Trinajstić information content (AvgIpc) is 2.59. The Morgan fingerprint density at radius 3 is 2.83 bits per heavy atom. The third-order valence-electron chi connectivity index (χ3n) is 4.46. The fourth-order valence-electron chi connectivity index (χ4n) is 3.25. The minimum Gasteiger partial charge on any atom is -0.480 e. The third-order valence-corrected chi connectivity index (χ3v) is 4.46. The monoisotopic (exact) mass is 319 g/mol. The van der Waals surface area contributed by atoms with Crippen LogP contribution in [-0.2, 0) is 25.5 Å². The number of hydrogen-bond acceptors (Lipinski definition) is 4. The number of carboxylic acid groups (broad SMARTS) is 1. The van der Waals surface area contributed by atoms with Crippen LogP contribution in [0.15, 0.2) is 24.3 Å². The van der Waals surface area contributed by atoms with Gasteiger partial charge in [0.25, 0.3) is 5.91 Å². The van der Waals surface area contributed by atoms with Crippen LogP contribution >= 0.6 is 0 Å². The molecule has 3 rings (SSSR count). The van der Waals surface area contributed by atoms with Gasteiger partial charge in [-0.15, -0.1) is 0 Å². The van der Waals surface area contributed by atoms with Gasteiger partial charge in [-0.1, -0.05) is 24.3 Å². The molecule has 1 aromatic rings. The molecule has 6 nitrogen and oxygen atoms in total. The van der Waals surface area contributed by atoms with E-state index in [0.29, 0.717) is 19.8 Å². The zero-order valence-corrected chi connectivity index (χ0v) is 12.9. The summed E-state index contributed by atoms with van der Waals surface area (Å²) in [6.45, 7) is 1.47. The maximum atomic E-state index is 12.6. The van der Waals surface area contributed by atoms with Crippen LogP contribution < -0.4 is 5.32 Å². The van der Waals surface area contributed by atoms with Crippen molar-refractivity contribution in [2.75, 3.05) is 19.8 Å². The highest BCUT2D eigenvalue weighted by molar-refractivity contribution is 5.87. The minimum atomic E-state index is -1.03. The maximum absolute atomic E-state index is 12.6. The predicted molar refractivity (Wildman–Crippen MR) is 81.9 cm³/mol. The van der Waals surface area contributed by atoms with Gasteiger partial charge in [0.2, 0.25) is 0 Å². The Labute approximate surface area is 134 Å². The molecule has 2 aliphatic rings. The van der Waals surface area contributed by atoms with E-state index in [0.717, 1.165) is 30.4 Å². The Balaban J connectivity index is 1.73. The molecule has 0 bridgehead atoms. The second kappa shape index (κ2) is 7.10. The number of aliphatic carboxylic acids is 1. The first-order valence-corrected chi connectivity index (χ1v) is 7.97. The maximum Gasteiger partial charge on any atom is 0.326 e. The van der Waals surface area contributed by atoms with E-state index in [2.05, 4.69) is 5.32 Å². The van der Waals surface area contributed by atoms with Gasteiger partial charge in [-0.2, -0.15) is 0 Å². The number of benzene rings is 1. The fourth-order valence-corrected chi connectivity index (χ4v) is 3.25. The van der Waals surface area contributed by atoms with E-state index in [1.54, 1.807) is 0 Å². The lowest BCUT2D eigenvalue weighted by molar-refractivity contribution is -0.148. The Hall–Kier alpha value is -1.92. The van der Waals surface area contributed by atoms with Crippen molar-refractivity contribution in [3.05, 3.63) is 35.4 Å². The second-order valence-corrected chi connectivity index (χ2v) is 6.00. The molecular formula is C17H21NO5. The summed E-state index contributed by atoms with van der Waals surface area (Å²) in [6, 6.07) is 6.68. The van der Waals surface area contributed by atoms with Crippen molar-refractivity contribution >= 4 is 11.9 Å². The van der Waals surface area contributed by atoms with Crippen molar-refractivity contribution in [1.82, 2.24) is 5.32 Å². The first kappa shape index (κ1) is 16.0. The number of hydrogen-bond donors (Lipinski definition) is 2. The highest BCUT2D eigenvalue weighted by atomic mass is 16.5. The second-order valence-electron chi connectivity index (χ2n) is 6.00. The molecule has 3 atom stereocenters. The number of carbonyl (C=O) groups is 2. The molecule has 0 aromatic heterocycles. The minimum absolute atomic E-state index is 0.205. The van der Waals surface area contributed by atoms with E-state index in [-0.39, 0.29) is 5.92 Å². The molecule has 0 saturated carbocycles. The number of ether oxygens (including phenoxy) is 2. The van der Waals surface area contributed by atoms with Gasteiger partial charge >= 0.3 is 5.97 Å². The summed E-state index contributed by atoms with van der Waals surface area (Å²) in [4.78, 5) is 24.1. The van der Waals surface area contributed by atoms with Crippen molar-refractivity contribution in [1.29, 1.82) is 0 Å². The number of nitrogens with one attached hydrogen (secondary N) is 1. The number of amides is 1. The lowest BCUT2D eigenvalue weighted by Crippen LogP contribution is -2.50.